The van der Waals surface area contributed by atoms with Crippen LogP contribution in [-0.2, 0) is 6.54 Å². The number of thiazole rings is 1. The maximum atomic E-state index is 5.46. The fourth-order valence-corrected chi connectivity index (χ4v) is 1.53. The molecule has 2 aromatic heterocycles. The molecule has 0 fully saturated rings. The highest BCUT2D eigenvalue weighted by molar-refractivity contribution is 7.09. The number of hydrogen-bond donors (Lipinski definition) is 1. The van der Waals surface area contributed by atoms with E-state index in [9.17, 15) is 0 Å². The summed E-state index contributed by atoms with van der Waals surface area (Å²) in [7, 11) is 0. The Balaban J connectivity index is 2.14. The Labute approximate surface area is 73.7 Å². The van der Waals surface area contributed by atoms with E-state index in [0.717, 1.165) is 6.54 Å². The lowest BCUT2D eigenvalue weighted by Gasteiger charge is -1.95. The van der Waals surface area contributed by atoms with Crippen LogP contribution in [0.4, 0.5) is 5.82 Å². The standard InChI is InChI=1S/C7H8N4S/c8-7-1-2-11(10-7)4-6-3-9-5-12-6/h1-3,5H,4H2,(H2,8,10). The predicted octanol–water partition coefficient (Wildman–Crippen LogP) is 0.970. The highest BCUT2D eigenvalue weighted by Gasteiger charge is 1.97. The number of aromatic nitrogens is 3. The van der Waals surface area contributed by atoms with Crippen LogP contribution in [0.2, 0.25) is 0 Å². The summed E-state index contributed by atoms with van der Waals surface area (Å²) in [6.45, 7) is 0.752. The number of rotatable bonds is 2. The lowest BCUT2D eigenvalue weighted by atomic mass is 10.5. The molecule has 0 amide bonds. The minimum Gasteiger partial charge on any atom is -0.382 e. The Bertz CT molecular complexity index is 351. The van der Waals surface area contributed by atoms with Crippen molar-refractivity contribution < 1.29 is 0 Å². The van der Waals surface area contributed by atoms with Crippen molar-refractivity contribution in [3.8, 4) is 0 Å². The molecule has 0 unspecified atom stereocenters. The lowest BCUT2D eigenvalue weighted by Crippen LogP contribution is -1.99. The number of anilines is 1. The van der Waals surface area contributed by atoms with E-state index in [4.69, 9.17) is 5.73 Å². The van der Waals surface area contributed by atoms with E-state index >= 15 is 0 Å². The number of nitrogens with two attached hydrogens (primary N) is 1. The summed E-state index contributed by atoms with van der Waals surface area (Å²) >= 11 is 1.61. The zero-order valence-electron chi connectivity index (χ0n) is 6.34. The average Bonchev–Trinajstić information content (AvgIpc) is 2.63. The Kier molecular flexibility index (Phi) is 1.79. The second-order valence-corrected chi connectivity index (χ2v) is 3.38. The van der Waals surface area contributed by atoms with Crippen molar-refractivity contribution >= 4 is 17.2 Å². The molecule has 2 N–H and O–H groups in total. The van der Waals surface area contributed by atoms with Crippen LogP contribution in [0.5, 0.6) is 0 Å². The Morgan fingerprint density at radius 1 is 1.58 bits per heavy atom. The molecule has 0 atom stereocenters. The summed E-state index contributed by atoms with van der Waals surface area (Å²) < 4.78 is 1.79. The van der Waals surface area contributed by atoms with Crippen LogP contribution in [0, 0.1) is 0 Å². The van der Waals surface area contributed by atoms with Gasteiger partial charge in [0.05, 0.1) is 12.1 Å². The first-order valence-electron chi connectivity index (χ1n) is 3.51. The van der Waals surface area contributed by atoms with Crippen LogP contribution in [0.25, 0.3) is 0 Å². The van der Waals surface area contributed by atoms with Gasteiger partial charge in [-0.3, -0.25) is 9.67 Å². The quantitative estimate of drug-likeness (QED) is 0.749. The van der Waals surface area contributed by atoms with Crippen molar-refractivity contribution in [1.82, 2.24) is 14.8 Å². The predicted molar refractivity (Wildman–Crippen MR) is 47.9 cm³/mol. The van der Waals surface area contributed by atoms with E-state index in [1.54, 1.807) is 22.1 Å². The molecule has 0 aromatic carbocycles. The molecule has 0 aliphatic carbocycles. The van der Waals surface area contributed by atoms with E-state index in [-0.39, 0.29) is 0 Å². The van der Waals surface area contributed by atoms with Crippen molar-refractivity contribution in [2.75, 3.05) is 5.73 Å². The van der Waals surface area contributed by atoms with Gasteiger partial charge in [0.15, 0.2) is 0 Å². The maximum Gasteiger partial charge on any atom is 0.145 e. The molecular weight excluding hydrogens is 172 g/mol. The third-order valence-electron chi connectivity index (χ3n) is 1.46. The van der Waals surface area contributed by atoms with E-state index in [1.165, 1.54) is 4.88 Å². The summed E-state index contributed by atoms with van der Waals surface area (Å²) in [5, 5.41) is 4.06. The second kappa shape index (κ2) is 2.94. The summed E-state index contributed by atoms with van der Waals surface area (Å²) in [4.78, 5) is 5.15. The normalized spacial score (nSPS) is 10.3. The second-order valence-electron chi connectivity index (χ2n) is 2.41. The molecule has 0 saturated heterocycles. The summed E-state index contributed by atoms with van der Waals surface area (Å²) in [5.41, 5.74) is 7.27. The number of nitrogen functional groups attached to an aromatic ring is 1. The van der Waals surface area contributed by atoms with Crippen molar-refractivity contribution in [3.05, 3.63) is 28.8 Å². The average molecular weight is 180 g/mol. The van der Waals surface area contributed by atoms with Crippen molar-refractivity contribution in [1.29, 1.82) is 0 Å². The smallest absolute Gasteiger partial charge is 0.145 e. The third-order valence-corrected chi connectivity index (χ3v) is 2.23. The van der Waals surface area contributed by atoms with Crippen LogP contribution in [-0.4, -0.2) is 14.8 Å². The molecule has 0 aliphatic rings. The molecule has 2 rings (SSSR count). The topological polar surface area (TPSA) is 56.7 Å². The molecule has 62 valence electrons. The molecule has 0 bridgehead atoms. The molecule has 0 aliphatic heterocycles. The molecule has 12 heavy (non-hydrogen) atoms. The Morgan fingerprint density at radius 3 is 3.08 bits per heavy atom. The van der Waals surface area contributed by atoms with E-state index in [0.29, 0.717) is 5.82 Å². The molecule has 0 spiro atoms. The number of hydrogen-bond acceptors (Lipinski definition) is 4. The van der Waals surface area contributed by atoms with Gasteiger partial charge in [0.1, 0.15) is 5.82 Å². The van der Waals surface area contributed by atoms with Gasteiger partial charge in [-0.15, -0.1) is 11.3 Å². The van der Waals surface area contributed by atoms with E-state index < -0.39 is 0 Å². The maximum absolute atomic E-state index is 5.46. The molecule has 4 nitrogen and oxygen atoms in total. The van der Waals surface area contributed by atoms with Gasteiger partial charge in [-0.05, 0) is 6.07 Å². The first-order valence-corrected chi connectivity index (χ1v) is 4.39. The third kappa shape index (κ3) is 1.45. The van der Waals surface area contributed by atoms with Gasteiger partial charge in [0, 0.05) is 17.3 Å². The van der Waals surface area contributed by atoms with Gasteiger partial charge in [-0.25, -0.2) is 0 Å². The first-order chi connectivity index (χ1) is 5.84. The van der Waals surface area contributed by atoms with Gasteiger partial charge < -0.3 is 5.73 Å². The minimum absolute atomic E-state index is 0.555. The van der Waals surface area contributed by atoms with Gasteiger partial charge in [0.25, 0.3) is 0 Å². The van der Waals surface area contributed by atoms with Crippen LogP contribution < -0.4 is 5.73 Å². The number of nitrogens with zero attached hydrogens (tertiary/aromatic N) is 3. The largest absolute Gasteiger partial charge is 0.382 e. The molecular formula is C7H8N4S. The van der Waals surface area contributed by atoms with Crippen LogP contribution in [0.1, 0.15) is 4.88 Å². The monoisotopic (exact) mass is 180 g/mol. The van der Waals surface area contributed by atoms with Gasteiger partial charge in [-0.2, -0.15) is 5.10 Å². The molecule has 5 heteroatoms. The van der Waals surface area contributed by atoms with Gasteiger partial charge in [0.2, 0.25) is 0 Å². The van der Waals surface area contributed by atoms with Crippen molar-refractivity contribution in [2.45, 2.75) is 6.54 Å². The summed E-state index contributed by atoms with van der Waals surface area (Å²) in [5.74, 6) is 0.555. The van der Waals surface area contributed by atoms with Crippen molar-refractivity contribution in [3.63, 3.8) is 0 Å². The zero-order valence-corrected chi connectivity index (χ0v) is 7.16. The van der Waals surface area contributed by atoms with Crippen LogP contribution >= 0.6 is 11.3 Å². The molecule has 0 radical (unpaired) electrons. The summed E-state index contributed by atoms with van der Waals surface area (Å²) in [6, 6.07) is 1.78. The van der Waals surface area contributed by atoms with E-state index in [1.807, 2.05) is 17.9 Å². The van der Waals surface area contributed by atoms with Gasteiger partial charge in [-0.1, -0.05) is 0 Å². The fraction of sp³-hybridized carbons (Fsp3) is 0.143. The highest BCUT2D eigenvalue weighted by atomic mass is 32.1. The Hall–Kier alpha value is -1.36. The SMILES string of the molecule is Nc1ccn(Cc2cncs2)n1. The van der Waals surface area contributed by atoms with Crippen LogP contribution in [0.3, 0.4) is 0 Å². The lowest BCUT2D eigenvalue weighted by molar-refractivity contribution is 0.697. The highest BCUT2D eigenvalue weighted by Crippen LogP contribution is 2.07. The fourth-order valence-electron chi connectivity index (χ4n) is 0.945. The molecule has 2 aromatic rings. The van der Waals surface area contributed by atoms with Crippen LogP contribution in [0.15, 0.2) is 24.0 Å². The van der Waals surface area contributed by atoms with Gasteiger partial charge >= 0.3 is 0 Å². The minimum atomic E-state index is 0.555. The van der Waals surface area contributed by atoms with E-state index in [2.05, 4.69) is 10.1 Å². The zero-order chi connectivity index (χ0) is 8.39. The summed E-state index contributed by atoms with van der Waals surface area (Å²) in [6.07, 6.45) is 3.69. The molecule has 0 saturated carbocycles. The van der Waals surface area contributed by atoms with Crippen molar-refractivity contribution in [2.24, 2.45) is 0 Å². The first kappa shape index (κ1) is 7.30. The molecule has 2 heterocycles. The Morgan fingerprint density at radius 2 is 2.50 bits per heavy atom.